The average Bonchev–Trinajstić information content (AvgIpc) is 3.22. The first-order valence-corrected chi connectivity index (χ1v) is 20.9. The molecule has 4 rings (SSSR count). The summed E-state index contributed by atoms with van der Waals surface area (Å²) in [6, 6.07) is 35.7. The average molecular weight is 825 g/mol. The first-order chi connectivity index (χ1) is 27.6. The van der Waals surface area contributed by atoms with Crippen LogP contribution in [0.4, 0.5) is 0 Å². The molecule has 0 heterocycles. The lowest BCUT2D eigenvalue weighted by molar-refractivity contribution is -0.0349. The molecule has 0 aliphatic carbocycles. The molecule has 8 heteroatoms. The third-order valence-corrected chi connectivity index (χ3v) is 11.3. The SMILES string of the molecule is CC(C)(C)C(C)(O)C(=O)c1ccccc1.CC(C)C(C)(O)C(=O)c1ccccc1.CCC(O)(C(=O)c1ccccc1)C(C)(C)C.CCCCC(C)(O)C(=O)c1ccccc1. The molecule has 0 fully saturated rings. The van der Waals surface area contributed by atoms with Crippen LogP contribution in [0, 0.1) is 16.7 Å². The van der Waals surface area contributed by atoms with Gasteiger partial charge in [0.15, 0.2) is 23.1 Å². The van der Waals surface area contributed by atoms with Gasteiger partial charge in [0.2, 0.25) is 0 Å². The van der Waals surface area contributed by atoms with Crippen molar-refractivity contribution in [1.82, 2.24) is 0 Å². The topological polar surface area (TPSA) is 149 Å². The van der Waals surface area contributed by atoms with Crippen LogP contribution in [0.3, 0.4) is 0 Å². The van der Waals surface area contributed by atoms with Gasteiger partial charge in [0, 0.05) is 22.3 Å². The lowest BCUT2D eigenvalue weighted by Gasteiger charge is -2.38. The van der Waals surface area contributed by atoms with Crippen LogP contribution >= 0.6 is 0 Å². The van der Waals surface area contributed by atoms with Gasteiger partial charge < -0.3 is 20.4 Å². The fraction of sp³-hybridized carbons (Fsp3) is 0.462. The minimum absolute atomic E-state index is 0.0878. The van der Waals surface area contributed by atoms with E-state index in [1.807, 2.05) is 118 Å². The minimum Gasteiger partial charge on any atom is -0.382 e. The number of aliphatic hydroxyl groups is 4. The number of Topliss-reactive ketones (excluding diaryl/α,β-unsaturated/α-hetero) is 4. The Kier molecular flexibility index (Phi) is 20.3. The van der Waals surface area contributed by atoms with Gasteiger partial charge in [0.25, 0.3) is 0 Å². The Balaban J connectivity index is 0.000000400. The summed E-state index contributed by atoms with van der Waals surface area (Å²) in [6.07, 6.45) is 2.80. The highest BCUT2D eigenvalue weighted by atomic mass is 16.3. The number of carbonyl (C=O) groups is 4. The Bertz CT molecular complexity index is 1900. The molecule has 4 unspecified atom stereocenters. The van der Waals surface area contributed by atoms with Crippen molar-refractivity contribution in [2.45, 2.75) is 138 Å². The maximum absolute atomic E-state index is 12.3. The van der Waals surface area contributed by atoms with Crippen molar-refractivity contribution >= 4 is 23.1 Å². The van der Waals surface area contributed by atoms with Gasteiger partial charge in [-0.05, 0) is 50.4 Å². The highest BCUT2D eigenvalue weighted by molar-refractivity contribution is 6.04. The number of benzene rings is 4. The van der Waals surface area contributed by atoms with Gasteiger partial charge >= 0.3 is 0 Å². The number of unbranched alkanes of at least 4 members (excludes halogenated alkanes) is 1. The second kappa shape index (κ2) is 22.8. The molecule has 4 aromatic rings. The van der Waals surface area contributed by atoms with E-state index in [9.17, 15) is 39.6 Å². The Morgan fingerprint density at radius 1 is 0.467 bits per heavy atom. The molecule has 0 saturated heterocycles. The zero-order chi connectivity index (χ0) is 46.2. The van der Waals surface area contributed by atoms with Gasteiger partial charge in [0.1, 0.15) is 22.4 Å². The molecule has 0 amide bonds. The molecule has 4 aromatic carbocycles. The van der Waals surface area contributed by atoms with E-state index >= 15 is 0 Å². The predicted octanol–water partition coefficient (Wildman–Crippen LogP) is 10.8. The standard InChI is InChI=1S/C14H20O2.2C13H18O2.C12H16O2/c1-5-14(16,13(2,3)4)12(15)11-9-7-6-8-10-11;1-12(2,3)13(4,15)11(14)10-8-6-5-7-9-10;1-3-4-10-13(2,15)12(14)11-8-6-5-7-9-11;1-9(2)12(3,14)11(13)10-7-5-4-6-8-10/h6-10,16H,5H2,1-4H3;5-9,15H,1-4H3;5-9,15H,3-4,10H2,1-2H3;4-9,14H,1-3H3. The number of ketones is 4. The maximum atomic E-state index is 12.3. The zero-order valence-corrected chi connectivity index (χ0v) is 38.4. The predicted molar refractivity (Wildman–Crippen MR) is 243 cm³/mol. The monoisotopic (exact) mass is 825 g/mol. The van der Waals surface area contributed by atoms with Crippen molar-refractivity contribution in [3.63, 3.8) is 0 Å². The Morgan fingerprint density at radius 3 is 1.07 bits per heavy atom. The van der Waals surface area contributed by atoms with Crippen molar-refractivity contribution in [2.75, 3.05) is 0 Å². The van der Waals surface area contributed by atoms with E-state index in [1.54, 1.807) is 93.6 Å². The van der Waals surface area contributed by atoms with Crippen LogP contribution in [0.15, 0.2) is 121 Å². The lowest BCUT2D eigenvalue weighted by Crippen LogP contribution is -2.49. The lowest BCUT2D eigenvalue weighted by atomic mass is 9.71. The van der Waals surface area contributed by atoms with Crippen LogP contribution < -0.4 is 0 Å². The van der Waals surface area contributed by atoms with Gasteiger partial charge in [0.05, 0.1) is 0 Å². The van der Waals surface area contributed by atoms with E-state index in [1.165, 1.54) is 0 Å². The van der Waals surface area contributed by atoms with Gasteiger partial charge in [-0.3, -0.25) is 19.2 Å². The highest BCUT2D eigenvalue weighted by Crippen LogP contribution is 2.36. The number of hydrogen-bond acceptors (Lipinski definition) is 8. The summed E-state index contributed by atoms with van der Waals surface area (Å²) in [6.45, 7) is 23.5. The largest absolute Gasteiger partial charge is 0.382 e. The van der Waals surface area contributed by atoms with Crippen LogP contribution in [-0.4, -0.2) is 66.0 Å². The van der Waals surface area contributed by atoms with Gasteiger partial charge in [-0.2, -0.15) is 0 Å². The molecule has 60 heavy (non-hydrogen) atoms. The molecule has 8 nitrogen and oxygen atoms in total. The van der Waals surface area contributed by atoms with Crippen LogP contribution in [0.25, 0.3) is 0 Å². The smallest absolute Gasteiger partial charge is 0.194 e. The van der Waals surface area contributed by atoms with Crippen LogP contribution in [0.2, 0.25) is 0 Å². The second-order valence-corrected chi connectivity index (χ2v) is 18.2. The summed E-state index contributed by atoms with van der Waals surface area (Å²) in [5.74, 6) is -0.904. The molecule has 4 N–H and O–H groups in total. The summed E-state index contributed by atoms with van der Waals surface area (Å²) >= 11 is 0. The summed E-state index contributed by atoms with van der Waals surface area (Å²) < 4.78 is 0. The summed E-state index contributed by atoms with van der Waals surface area (Å²) in [7, 11) is 0. The van der Waals surface area contributed by atoms with E-state index in [-0.39, 0.29) is 29.1 Å². The molecular formula is C52H72O8. The number of hydrogen-bond donors (Lipinski definition) is 4. The zero-order valence-electron chi connectivity index (χ0n) is 38.4. The first kappa shape index (κ1) is 53.4. The normalized spacial score (nSPS) is 15.3. The Morgan fingerprint density at radius 2 is 0.783 bits per heavy atom. The summed E-state index contributed by atoms with van der Waals surface area (Å²) in [5.41, 5.74) is -3.81. The van der Waals surface area contributed by atoms with E-state index in [4.69, 9.17) is 0 Å². The Labute approximate surface area is 360 Å². The second-order valence-electron chi connectivity index (χ2n) is 18.2. The van der Waals surface area contributed by atoms with Crippen molar-refractivity contribution in [3.8, 4) is 0 Å². The highest BCUT2D eigenvalue weighted by Gasteiger charge is 2.45. The van der Waals surface area contributed by atoms with E-state index in [0.29, 0.717) is 35.1 Å². The molecule has 0 aliphatic heterocycles. The van der Waals surface area contributed by atoms with Crippen molar-refractivity contribution in [3.05, 3.63) is 144 Å². The van der Waals surface area contributed by atoms with Crippen molar-refractivity contribution in [2.24, 2.45) is 16.7 Å². The van der Waals surface area contributed by atoms with E-state index < -0.39 is 33.2 Å². The molecule has 328 valence electrons. The number of carbonyl (C=O) groups excluding carboxylic acids is 4. The van der Waals surface area contributed by atoms with Crippen LogP contribution in [-0.2, 0) is 0 Å². The molecular weight excluding hydrogens is 753 g/mol. The quantitative estimate of drug-likeness (QED) is 0.0974. The molecule has 0 aliphatic rings. The van der Waals surface area contributed by atoms with Crippen LogP contribution in [0.5, 0.6) is 0 Å². The summed E-state index contributed by atoms with van der Waals surface area (Å²) in [4.78, 5) is 48.1. The number of rotatable bonds is 13. The first-order valence-electron chi connectivity index (χ1n) is 20.9. The fourth-order valence-corrected chi connectivity index (χ4v) is 5.75. The molecule has 4 atom stereocenters. The third kappa shape index (κ3) is 14.8. The van der Waals surface area contributed by atoms with Gasteiger partial charge in [-0.25, -0.2) is 0 Å². The molecule has 0 saturated carbocycles. The van der Waals surface area contributed by atoms with Crippen molar-refractivity contribution < 1.29 is 39.6 Å². The van der Waals surface area contributed by atoms with Gasteiger partial charge in [-0.1, -0.05) is 203 Å². The van der Waals surface area contributed by atoms with E-state index in [2.05, 4.69) is 0 Å². The molecule has 0 radical (unpaired) electrons. The van der Waals surface area contributed by atoms with Crippen LogP contribution in [0.1, 0.15) is 157 Å². The summed E-state index contributed by atoms with van der Waals surface area (Å²) in [5, 5.41) is 40.7. The minimum atomic E-state index is -1.34. The Hall–Kier alpha value is -4.60. The van der Waals surface area contributed by atoms with Crippen molar-refractivity contribution in [1.29, 1.82) is 0 Å². The molecule has 0 aromatic heterocycles. The van der Waals surface area contributed by atoms with E-state index in [0.717, 1.165) is 12.8 Å². The molecule has 0 spiro atoms. The van der Waals surface area contributed by atoms with Gasteiger partial charge in [-0.15, -0.1) is 0 Å². The maximum Gasteiger partial charge on any atom is 0.194 e. The fourth-order valence-electron chi connectivity index (χ4n) is 5.75. The third-order valence-electron chi connectivity index (χ3n) is 11.3. The molecule has 0 bridgehead atoms.